The van der Waals surface area contributed by atoms with Crippen LogP contribution in [0.1, 0.15) is 162 Å². The lowest BCUT2D eigenvalue weighted by atomic mass is 10.1. The van der Waals surface area contributed by atoms with Crippen molar-refractivity contribution in [3.8, 4) is 0 Å². The summed E-state index contributed by atoms with van der Waals surface area (Å²) in [5.41, 5.74) is 0. The predicted octanol–water partition coefficient (Wildman–Crippen LogP) is 12.7. The lowest BCUT2D eigenvalue weighted by Gasteiger charge is -2.21. The molecule has 0 heterocycles. The molecule has 54 heavy (non-hydrogen) atoms. The molecule has 2 atom stereocenters. The molecule has 3 N–H and O–H groups in total. The zero-order valence-corrected chi connectivity index (χ0v) is 34.9. The fraction of sp³-hybridized carbons (Fsp3) is 0.596. The molecule has 306 valence electrons. The highest BCUT2D eigenvalue weighted by atomic mass is 32.2. The van der Waals surface area contributed by atoms with Crippen molar-refractivity contribution >= 4 is 16.0 Å². The van der Waals surface area contributed by atoms with E-state index in [9.17, 15) is 22.9 Å². The second-order valence-corrected chi connectivity index (χ2v) is 15.4. The van der Waals surface area contributed by atoms with Crippen LogP contribution in [-0.2, 0) is 14.9 Å². The molecule has 0 aromatic carbocycles. The summed E-state index contributed by atoms with van der Waals surface area (Å²) < 4.78 is 32.5. The van der Waals surface area contributed by atoms with Gasteiger partial charge in [-0.1, -0.05) is 168 Å². The fourth-order valence-corrected chi connectivity index (χ4v) is 6.28. The van der Waals surface area contributed by atoms with Gasteiger partial charge in [-0.3, -0.25) is 9.35 Å². The molecule has 0 aliphatic rings. The first kappa shape index (κ1) is 51.0. The van der Waals surface area contributed by atoms with Gasteiger partial charge in [0.15, 0.2) is 0 Å². The Morgan fingerprint density at radius 2 is 0.907 bits per heavy atom. The van der Waals surface area contributed by atoms with Gasteiger partial charge in [0.25, 0.3) is 10.1 Å². The summed E-state index contributed by atoms with van der Waals surface area (Å²) in [6.07, 6.45) is 60.7. The van der Waals surface area contributed by atoms with E-state index in [1.807, 2.05) is 0 Å². The molecule has 0 spiro atoms. The highest BCUT2D eigenvalue weighted by molar-refractivity contribution is 7.85. The minimum atomic E-state index is -4.38. The molecule has 7 heteroatoms. The first-order valence-corrected chi connectivity index (χ1v) is 22.7. The van der Waals surface area contributed by atoms with E-state index in [1.54, 1.807) is 6.08 Å². The first-order valence-electron chi connectivity index (χ1n) is 21.1. The van der Waals surface area contributed by atoms with Crippen molar-refractivity contribution in [2.45, 2.75) is 174 Å². The molecule has 0 aromatic heterocycles. The second kappa shape index (κ2) is 39.7. The van der Waals surface area contributed by atoms with E-state index < -0.39 is 28.0 Å². The summed E-state index contributed by atoms with van der Waals surface area (Å²) in [5.74, 6) is -1.06. The van der Waals surface area contributed by atoms with Gasteiger partial charge in [-0.2, -0.15) is 8.42 Å². The van der Waals surface area contributed by atoms with Gasteiger partial charge in [-0.05, 0) is 96.3 Å². The first-order chi connectivity index (χ1) is 26.3. The van der Waals surface area contributed by atoms with E-state index >= 15 is 0 Å². The standard InChI is InChI=1S/C47H77NO5S/c1-3-5-7-9-11-13-15-17-19-21-22-23-24-25-26-27-29-31-33-35-37-39-41-43-47(50)48-45(44-54(51,52)53)46(49)42-40-38-36-34-32-30-28-20-18-16-14-12-10-8-6-4-2/h5,7,11,13,17-20,22-23,25-26,29,31-32,34,40,42,45-46,49H,3-4,6,8-10,12,14-16,21,24,27-28,30,33,35-39,41,43-44H2,1-2H3,(H,48,50)(H,51,52,53)/b7-5-,13-11-,19-17-,20-18+,23-22-,26-25-,31-29-,34-32+,42-40+. The van der Waals surface area contributed by atoms with Crippen LogP contribution < -0.4 is 5.32 Å². The molecule has 0 aliphatic heterocycles. The Hall–Kier alpha value is -3.00. The summed E-state index contributed by atoms with van der Waals surface area (Å²) in [4.78, 5) is 12.5. The van der Waals surface area contributed by atoms with Gasteiger partial charge < -0.3 is 10.4 Å². The number of aliphatic hydroxyl groups excluding tert-OH is 1. The van der Waals surface area contributed by atoms with E-state index in [4.69, 9.17) is 0 Å². The second-order valence-electron chi connectivity index (χ2n) is 13.9. The molecule has 6 nitrogen and oxygen atoms in total. The fourth-order valence-electron chi connectivity index (χ4n) is 5.54. The van der Waals surface area contributed by atoms with Crippen LogP contribution in [0.3, 0.4) is 0 Å². The van der Waals surface area contributed by atoms with Crippen LogP contribution in [0.4, 0.5) is 0 Å². The third-order valence-corrected chi connectivity index (χ3v) is 9.44. The monoisotopic (exact) mass is 768 g/mol. The topological polar surface area (TPSA) is 104 Å². The van der Waals surface area contributed by atoms with Gasteiger partial charge in [-0.25, -0.2) is 0 Å². The Labute approximate surface area is 331 Å². The summed E-state index contributed by atoms with van der Waals surface area (Å²) >= 11 is 0. The number of nitrogens with one attached hydrogen (secondary N) is 1. The number of carbonyl (C=O) groups is 1. The minimum Gasteiger partial charge on any atom is -0.387 e. The Balaban J connectivity index is 4.08. The maximum absolute atomic E-state index is 12.5. The number of unbranched alkanes of at least 4 members (excludes halogenated alkanes) is 12. The third kappa shape index (κ3) is 40.2. The number of rotatable bonds is 36. The molecule has 0 bridgehead atoms. The van der Waals surface area contributed by atoms with Gasteiger partial charge >= 0.3 is 0 Å². The third-order valence-electron chi connectivity index (χ3n) is 8.66. The maximum Gasteiger partial charge on any atom is 0.267 e. The molecular weight excluding hydrogens is 691 g/mol. The summed E-state index contributed by atoms with van der Waals surface area (Å²) in [6.45, 7) is 4.39. The maximum atomic E-state index is 12.5. The predicted molar refractivity (Wildman–Crippen MR) is 234 cm³/mol. The van der Waals surface area contributed by atoms with Crippen molar-refractivity contribution < 1.29 is 22.9 Å². The minimum absolute atomic E-state index is 0.247. The number of hydrogen-bond acceptors (Lipinski definition) is 4. The van der Waals surface area contributed by atoms with Crippen LogP contribution in [0, 0.1) is 0 Å². The van der Waals surface area contributed by atoms with E-state index in [2.05, 4.69) is 116 Å². The Bertz CT molecular complexity index is 1250. The van der Waals surface area contributed by atoms with E-state index in [0.717, 1.165) is 89.9 Å². The highest BCUT2D eigenvalue weighted by Crippen LogP contribution is 2.10. The zero-order chi connectivity index (χ0) is 39.6. The molecule has 1 amide bonds. The zero-order valence-electron chi connectivity index (χ0n) is 34.0. The van der Waals surface area contributed by atoms with Crippen LogP contribution in [0.25, 0.3) is 0 Å². The Morgan fingerprint density at radius 1 is 0.519 bits per heavy atom. The summed E-state index contributed by atoms with van der Waals surface area (Å²) in [5, 5.41) is 13.2. The Morgan fingerprint density at radius 3 is 1.39 bits per heavy atom. The smallest absolute Gasteiger partial charge is 0.267 e. The van der Waals surface area contributed by atoms with Crippen LogP contribution >= 0.6 is 0 Å². The van der Waals surface area contributed by atoms with E-state index in [0.29, 0.717) is 12.8 Å². The number of amides is 1. The van der Waals surface area contributed by atoms with Gasteiger partial charge in [-0.15, -0.1) is 0 Å². The van der Waals surface area contributed by atoms with Gasteiger partial charge in [0.2, 0.25) is 5.91 Å². The lowest BCUT2D eigenvalue weighted by molar-refractivity contribution is -0.122. The highest BCUT2D eigenvalue weighted by Gasteiger charge is 2.24. The quantitative estimate of drug-likeness (QED) is 0.0335. The number of allylic oxidation sites excluding steroid dienone is 17. The van der Waals surface area contributed by atoms with Crippen LogP contribution in [-0.4, -0.2) is 41.9 Å². The van der Waals surface area contributed by atoms with Crippen LogP contribution in [0.15, 0.2) is 109 Å². The molecule has 0 aliphatic carbocycles. The largest absolute Gasteiger partial charge is 0.387 e. The summed E-state index contributed by atoms with van der Waals surface area (Å²) in [6, 6.07) is -1.10. The van der Waals surface area contributed by atoms with Gasteiger partial charge in [0.05, 0.1) is 17.9 Å². The van der Waals surface area contributed by atoms with Crippen molar-refractivity contribution in [3.63, 3.8) is 0 Å². The van der Waals surface area contributed by atoms with Crippen molar-refractivity contribution in [1.82, 2.24) is 5.32 Å². The molecule has 0 saturated carbocycles. The normalized spacial score (nSPS) is 14.4. The molecule has 2 unspecified atom stereocenters. The van der Waals surface area contributed by atoms with Gasteiger partial charge in [0.1, 0.15) is 0 Å². The average Bonchev–Trinajstić information content (AvgIpc) is 3.14. The Kier molecular flexibility index (Phi) is 37.5. The van der Waals surface area contributed by atoms with E-state index in [1.165, 1.54) is 44.6 Å². The molecule has 0 aromatic rings. The number of aliphatic hydroxyl groups is 1. The van der Waals surface area contributed by atoms with Crippen LogP contribution in [0.2, 0.25) is 0 Å². The average molecular weight is 768 g/mol. The van der Waals surface area contributed by atoms with Gasteiger partial charge in [0, 0.05) is 6.42 Å². The molecule has 0 radical (unpaired) electrons. The van der Waals surface area contributed by atoms with Crippen LogP contribution in [0.5, 0.6) is 0 Å². The van der Waals surface area contributed by atoms with Crippen molar-refractivity contribution in [3.05, 3.63) is 109 Å². The van der Waals surface area contributed by atoms with E-state index in [-0.39, 0.29) is 12.3 Å². The van der Waals surface area contributed by atoms with Crippen molar-refractivity contribution in [2.75, 3.05) is 5.75 Å². The van der Waals surface area contributed by atoms with Crippen molar-refractivity contribution in [2.24, 2.45) is 0 Å². The number of carbonyl (C=O) groups excluding carboxylic acids is 1. The SMILES string of the molecule is CC/C=C\C/C=C\C/C=C\C/C=C\C/C=C\C/C=C\CCCCCCC(=O)NC(CS(=O)(=O)O)C(O)/C=C/CC/C=C/CC/C=C/CCCCCCCC. The molecule has 0 saturated heterocycles. The molecule has 0 fully saturated rings. The van der Waals surface area contributed by atoms with Crippen molar-refractivity contribution in [1.29, 1.82) is 0 Å². The molecule has 0 rings (SSSR count). The number of hydrogen-bond donors (Lipinski definition) is 3. The lowest BCUT2D eigenvalue weighted by Crippen LogP contribution is -2.46. The molecular formula is C47H77NO5S. The summed E-state index contributed by atoms with van der Waals surface area (Å²) in [7, 11) is -4.38.